The second-order valence-electron chi connectivity index (χ2n) is 6.69. The molecule has 0 unspecified atom stereocenters. The van der Waals surface area contributed by atoms with E-state index >= 15 is 0 Å². The number of carbonyl (C=O) groups is 1. The molecule has 0 aliphatic carbocycles. The normalized spacial score (nSPS) is 12.3. The predicted octanol–water partition coefficient (Wildman–Crippen LogP) is 4.64. The second-order valence-corrected chi connectivity index (χ2v) is 6.69. The topological polar surface area (TPSA) is 125 Å². The summed E-state index contributed by atoms with van der Waals surface area (Å²) in [6.45, 7) is 0.557. The van der Waals surface area contributed by atoms with Gasteiger partial charge in [0.25, 0.3) is 0 Å². The van der Waals surface area contributed by atoms with Gasteiger partial charge in [0.1, 0.15) is 13.2 Å². The van der Waals surface area contributed by atoms with E-state index in [0.29, 0.717) is 18.1 Å². The molecule has 0 aliphatic heterocycles. The lowest BCUT2D eigenvalue weighted by molar-refractivity contribution is -0.141. The Morgan fingerprint density at radius 2 is 1.45 bits per heavy atom. The minimum atomic E-state index is -1.66. The van der Waals surface area contributed by atoms with Crippen molar-refractivity contribution in [1.82, 2.24) is 0 Å². The molecule has 3 aromatic rings. The fourth-order valence-electron chi connectivity index (χ4n) is 2.90. The van der Waals surface area contributed by atoms with Gasteiger partial charge in [-0.25, -0.2) is 0 Å². The van der Waals surface area contributed by atoms with E-state index in [1.54, 1.807) is 6.07 Å². The summed E-state index contributed by atoms with van der Waals surface area (Å²) in [5.41, 5.74) is 10.7. The van der Waals surface area contributed by atoms with Crippen LogP contribution in [0, 0.1) is 0 Å². The second kappa shape index (κ2) is 10.7. The highest BCUT2D eigenvalue weighted by Crippen LogP contribution is 2.33. The zero-order chi connectivity index (χ0) is 22.1. The molecule has 0 saturated heterocycles. The van der Waals surface area contributed by atoms with Crippen LogP contribution in [-0.4, -0.2) is 22.2 Å². The summed E-state index contributed by atoms with van der Waals surface area (Å²) in [6, 6.07) is 22.0. The van der Waals surface area contributed by atoms with Gasteiger partial charge in [-0.1, -0.05) is 71.8 Å². The van der Waals surface area contributed by atoms with Gasteiger partial charge in [-0.3, -0.25) is 4.79 Å². The number of nitrogens with zero attached hydrogens (tertiary/aromatic N) is 3. The highest BCUT2D eigenvalue weighted by molar-refractivity contribution is 5.74. The molecule has 0 saturated carbocycles. The van der Waals surface area contributed by atoms with Crippen molar-refractivity contribution in [2.24, 2.45) is 5.11 Å². The fraction of sp³-hybridized carbons (Fsp3) is 0.174. The minimum Gasteiger partial charge on any atom is -0.485 e. The molecule has 0 radical (unpaired) electrons. The van der Waals surface area contributed by atoms with E-state index in [4.69, 9.17) is 15.0 Å². The third-order valence-corrected chi connectivity index (χ3v) is 4.51. The van der Waals surface area contributed by atoms with Crippen LogP contribution in [0.25, 0.3) is 10.4 Å². The van der Waals surface area contributed by atoms with Crippen molar-refractivity contribution in [1.29, 1.82) is 0 Å². The third-order valence-electron chi connectivity index (χ3n) is 4.51. The molecule has 0 fully saturated rings. The molecule has 3 aromatic carbocycles. The van der Waals surface area contributed by atoms with Gasteiger partial charge in [-0.05, 0) is 34.4 Å². The lowest BCUT2D eigenvalue weighted by Gasteiger charge is -2.18. The first kappa shape index (κ1) is 21.7. The van der Waals surface area contributed by atoms with Crippen molar-refractivity contribution in [3.05, 3.63) is 106 Å². The van der Waals surface area contributed by atoms with Gasteiger partial charge in [-0.15, -0.1) is 0 Å². The lowest BCUT2D eigenvalue weighted by Crippen LogP contribution is -2.25. The lowest BCUT2D eigenvalue weighted by atomic mass is 10.0. The van der Waals surface area contributed by atoms with Gasteiger partial charge in [0.05, 0.1) is 6.10 Å². The van der Waals surface area contributed by atoms with Crippen molar-refractivity contribution in [3.63, 3.8) is 0 Å². The smallest absolute Gasteiger partial charge is 0.315 e. The highest BCUT2D eigenvalue weighted by Gasteiger charge is 2.27. The molecule has 158 valence electrons. The van der Waals surface area contributed by atoms with Gasteiger partial charge in [0.15, 0.2) is 17.5 Å². The van der Waals surface area contributed by atoms with Crippen LogP contribution in [0.2, 0.25) is 0 Å². The Labute approximate surface area is 178 Å². The summed E-state index contributed by atoms with van der Waals surface area (Å²) in [4.78, 5) is 13.9. The molecule has 0 bridgehead atoms. The molecule has 2 N–H and O–H groups in total. The van der Waals surface area contributed by atoms with Crippen LogP contribution in [0.5, 0.6) is 11.5 Å². The number of carboxylic acid groups (broad SMARTS) is 1. The van der Waals surface area contributed by atoms with Gasteiger partial charge in [0, 0.05) is 4.91 Å². The number of ether oxygens (including phenoxy) is 2. The Morgan fingerprint density at radius 1 is 0.903 bits per heavy atom. The predicted molar refractivity (Wildman–Crippen MR) is 114 cm³/mol. The van der Waals surface area contributed by atoms with Gasteiger partial charge < -0.3 is 19.7 Å². The van der Waals surface area contributed by atoms with Crippen LogP contribution in [0.4, 0.5) is 0 Å². The Kier molecular flexibility index (Phi) is 7.48. The standard InChI is InChI=1S/C23H21N3O5/c24-26-25-21(23(28)29)22(27)18-11-12-19(30-14-16-7-3-1-4-8-16)20(13-18)31-15-17-9-5-2-6-10-17/h1-13,21-22,27H,14-15H2,(H,28,29)/t21-,22+/m0/s1. The zero-order valence-electron chi connectivity index (χ0n) is 16.5. The van der Waals surface area contributed by atoms with Gasteiger partial charge >= 0.3 is 5.97 Å². The summed E-state index contributed by atoms with van der Waals surface area (Å²) >= 11 is 0. The number of rotatable bonds is 10. The van der Waals surface area contributed by atoms with Crippen molar-refractivity contribution in [2.45, 2.75) is 25.4 Å². The molecular weight excluding hydrogens is 398 g/mol. The molecule has 0 aromatic heterocycles. The van der Waals surface area contributed by atoms with E-state index in [-0.39, 0.29) is 12.2 Å². The average Bonchev–Trinajstić information content (AvgIpc) is 2.80. The van der Waals surface area contributed by atoms with Crippen LogP contribution >= 0.6 is 0 Å². The van der Waals surface area contributed by atoms with E-state index in [9.17, 15) is 15.0 Å². The van der Waals surface area contributed by atoms with Crippen LogP contribution in [0.3, 0.4) is 0 Å². The minimum absolute atomic E-state index is 0.231. The fourth-order valence-corrected chi connectivity index (χ4v) is 2.90. The molecule has 3 rings (SSSR count). The molecule has 8 nitrogen and oxygen atoms in total. The summed E-state index contributed by atoms with van der Waals surface area (Å²) in [6.07, 6.45) is -1.55. The maximum atomic E-state index is 11.3. The largest absolute Gasteiger partial charge is 0.485 e. The average molecular weight is 419 g/mol. The molecule has 0 heterocycles. The Hall–Kier alpha value is -4.00. The number of hydrogen-bond donors (Lipinski definition) is 2. The summed E-state index contributed by atoms with van der Waals surface area (Å²) < 4.78 is 11.8. The number of hydrogen-bond acceptors (Lipinski definition) is 5. The van der Waals surface area contributed by atoms with E-state index in [1.807, 2.05) is 60.7 Å². The molecule has 2 atom stereocenters. The summed E-state index contributed by atoms with van der Waals surface area (Å²) in [5, 5.41) is 22.9. The number of aliphatic hydroxyl groups is 1. The van der Waals surface area contributed by atoms with Crippen LogP contribution in [-0.2, 0) is 18.0 Å². The molecule has 0 spiro atoms. The van der Waals surface area contributed by atoms with Crippen LogP contribution in [0.1, 0.15) is 22.8 Å². The molecule has 8 heteroatoms. The number of aliphatic hydroxyl groups excluding tert-OH is 1. The van der Waals surface area contributed by atoms with Gasteiger partial charge in [-0.2, -0.15) is 0 Å². The van der Waals surface area contributed by atoms with E-state index in [2.05, 4.69) is 10.0 Å². The van der Waals surface area contributed by atoms with Crippen molar-refractivity contribution < 1.29 is 24.5 Å². The first-order chi connectivity index (χ1) is 15.1. The molecular formula is C23H21N3O5. The third kappa shape index (κ3) is 5.99. The maximum Gasteiger partial charge on any atom is 0.315 e. The number of benzene rings is 3. The SMILES string of the molecule is [N-]=[N+]=N[C@H](C(=O)O)[C@H](O)c1ccc(OCc2ccccc2)c(OCc2ccccc2)c1. The summed E-state index contributed by atoms with van der Waals surface area (Å²) in [5.74, 6) is -0.658. The number of aliphatic carboxylic acids is 1. The maximum absolute atomic E-state index is 11.3. The zero-order valence-corrected chi connectivity index (χ0v) is 16.5. The highest BCUT2D eigenvalue weighted by atomic mass is 16.5. The quantitative estimate of drug-likeness (QED) is 0.281. The van der Waals surface area contributed by atoms with Crippen LogP contribution < -0.4 is 9.47 Å². The Morgan fingerprint density at radius 3 is 1.97 bits per heavy atom. The van der Waals surface area contributed by atoms with E-state index in [0.717, 1.165) is 11.1 Å². The monoisotopic (exact) mass is 419 g/mol. The number of azide groups is 1. The van der Waals surface area contributed by atoms with E-state index < -0.39 is 18.1 Å². The summed E-state index contributed by atoms with van der Waals surface area (Å²) in [7, 11) is 0. The van der Waals surface area contributed by atoms with Gasteiger partial charge in [0.2, 0.25) is 0 Å². The molecule has 0 amide bonds. The first-order valence-electron chi connectivity index (χ1n) is 9.51. The number of carboxylic acids is 1. The Balaban J connectivity index is 1.86. The van der Waals surface area contributed by atoms with Crippen molar-refractivity contribution in [2.75, 3.05) is 0 Å². The first-order valence-corrected chi connectivity index (χ1v) is 9.51. The van der Waals surface area contributed by atoms with Crippen LogP contribution in [0.15, 0.2) is 84.0 Å². The molecule has 31 heavy (non-hydrogen) atoms. The van der Waals surface area contributed by atoms with Crippen molar-refractivity contribution in [3.8, 4) is 11.5 Å². The Bertz CT molecular complexity index is 1050. The molecule has 0 aliphatic rings. The van der Waals surface area contributed by atoms with Crippen molar-refractivity contribution >= 4 is 5.97 Å². The van der Waals surface area contributed by atoms with E-state index in [1.165, 1.54) is 12.1 Å².